The quantitative estimate of drug-likeness (QED) is 0.880. The summed E-state index contributed by atoms with van der Waals surface area (Å²) in [5.74, 6) is -0.466. The van der Waals surface area contributed by atoms with Crippen LogP contribution in [0.2, 0.25) is 5.02 Å². The van der Waals surface area contributed by atoms with Crippen LogP contribution in [-0.4, -0.2) is 39.0 Å². The Hall–Kier alpha value is -1.92. The van der Waals surface area contributed by atoms with Crippen molar-refractivity contribution in [1.82, 2.24) is 14.9 Å². The van der Waals surface area contributed by atoms with Gasteiger partial charge < -0.3 is 10.1 Å². The number of H-pyrrole nitrogens is 1. The maximum Gasteiger partial charge on any atom is 0.320 e. The van der Waals surface area contributed by atoms with Crippen LogP contribution in [0.3, 0.4) is 0 Å². The SMILES string of the molecule is CCC(C(=O)O)N(C)Cc1nc2ccc(Cl)cc2c(=O)[nH]1. The van der Waals surface area contributed by atoms with E-state index in [1.165, 1.54) is 0 Å². The van der Waals surface area contributed by atoms with Crippen molar-refractivity contribution in [2.45, 2.75) is 25.9 Å². The molecule has 7 heteroatoms. The lowest BCUT2D eigenvalue weighted by atomic mass is 10.2. The molecule has 0 saturated carbocycles. The minimum atomic E-state index is -0.894. The molecule has 0 saturated heterocycles. The highest BCUT2D eigenvalue weighted by molar-refractivity contribution is 6.31. The highest BCUT2D eigenvalue weighted by Gasteiger charge is 2.21. The van der Waals surface area contributed by atoms with Crippen molar-refractivity contribution in [3.63, 3.8) is 0 Å². The van der Waals surface area contributed by atoms with Crippen molar-refractivity contribution in [3.8, 4) is 0 Å². The number of carboxylic acid groups (broad SMARTS) is 1. The number of aromatic nitrogens is 2. The smallest absolute Gasteiger partial charge is 0.320 e. The summed E-state index contributed by atoms with van der Waals surface area (Å²) >= 11 is 5.86. The first-order valence-electron chi connectivity index (χ1n) is 6.54. The van der Waals surface area contributed by atoms with Crippen molar-refractivity contribution in [1.29, 1.82) is 0 Å². The van der Waals surface area contributed by atoms with E-state index in [1.807, 2.05) is 0 Å². The zero-order chi connectivity index (χ0) is 15.6. The normalized spacial score (nSPS) is 12.8. The molecule has 0 aliphatic heterocycles. The monoisotopic (exact) mass is 309 g/mol. The fourth-order valence-electron chi connectivity index (χ4n) is 2.26. The number of carboxylic acids is 1. The van der Waals surface area contributed by atoms with Crippen molar-refractivity contribution >= 4 is 28.5 Å². The van der Waals surface area contributed by atoms with Crippen molar-refractivity contribution in [2.75, 3.05) is 7.05 Å². The van der Waals surface area contributed by atoms with Gasteiger partial charge in [0.1, 0.15) is 11.9 Å². The van der Waals surface area contributed by atoms with Crippen molar-refractivity contribution in [2.24, 2.45) is 0 Å². The van der Waals surface area contributed by atoms with Crippen molar-refractivity contribution in [3.05, 3.63) is 39.4 Å². The lowest BCUT2D eigenvalue weighted by Gasteiger charge is -2.22. The van der Waals surface area contributed by atoms with Gasteiger partial charge in [-0.1, -0.05) is 18.5 Å². The number of carbonyl (C=O) groups is 1. The maximum atomic E-state index is 12.0. The summed E-state index contributed by atoms with van der Waals surface area (Å²) in [5.41, 5.74) is 0.254. The zero-order valence-corrected chi connectivity index (χ0v) is 12.5. The van der Waals surface area contributed by atoms with Gasteiger partial charge in [-0.25, -0.2) is 4.98 Å². The Bertz CT molecular complexity index is 729. The van der Waals surface area contributed by atoms with Gasteiger partial charge in [-0.15, -0.1) is 0 Å². The number of benzene rings is 1. The number of hydrogen-bond donors (Lipinski definition) is 2. The number of hydrogen-bond acceptors (Lipinski definition) is 4. The van der Waals surface area contributed by atoms with Gasteiger partial charge in [-0.2, -0.15) is 0 Å². The van der Waals surface area contributed by atoms with Gasteiger partial charge in [-0.05, 0) is 31.7 Å². The van der Waals surface area contributed by atoms with Crippen LogP contribution in [0, 0.1) is 0 Å². The average Bonchev–Trinajstić information content (AvgIpc) is 2.40. The molecule has 0 aliphatic carbocycles. The molecule has 1 aromatic heterocycles. The van der Waals surface area contributed by atoms with Crippen molar-refractivity contribution < 1.29 is 9.90 Å². The summed E-state index contributed by atoms with van der Waals surface area (Å²) in [5, 5.41) is 10.0. The topological polar surface area (TPSA) is 86.3 Å². The van der Waals surface area contributed by atoms with Crippen LogP contribution in [0.15, 0.2) is 23.0 Å². The molecule has 1 unspecified atom stereocenters. The molecular formula is C14H16ClN3O3. The summed E-state index contributed by atoms with van der Waals surface area (Å²) in [6.45, 7) is 2.05. The molecular weight excluding hydrogens is 294 g/mol. The van der Waals surface area contributed by atoms with E-state index in [0.29, 0.717) is 28.2 Å². The van der Waals surface area contributed by atoms with Gasteiger partial charge in [0.2, 0.25) is 0 Å². The number of aliphatic carboxylic acids is 1. The summed E-state index contributed by atoms with van der Waals surface area (Å²) in [7, 11) is 1.69. The molecule has 21 heavy (non-hydrogen) atoms. The maximum absolute atomic E-state index is 12.0. The van der Waals surface area contributed by atoms with Crippen LogP contribution in [0.25, 0.3) is 10.9 Å². The molecule has 2 aromatic rings. The first-order chi connectivity index (χ1) is 9.92. The van der Waals surface area contributed by atoms with E-state index in [0.717, 1.165) is 0 Å². The number of fused-ring (bicyclic) bond motifs is 1. The van der Waals surface area contributed by atoms with Crippen LogP contribution in [-0.2, 0) is 11.3 Å². The molecule has 2 N–H and O–H groups in total. The van der Waals surface area contributed by atoms with Crippen LogP contribution in [0.4, 0.5) is 0 Å². The minimum Gasteiger partial charge on any atom is -0.480 e. The number of nitrogens with one attached hydrogen (secondary N) is 1. The van der Waals surface area contributed by atoms with Gasteiger partial charge in [0.15, 0.2) is 0 Å². The molecule has 1 aromatic carbocycles. The predicted octanol–water partition coefficient (Wildman–Crippen LogP) is 1.87. The molecule has 1 atom stereocenters. The second-order valence-electron chi connectivity index (χ2n) is 4.85. The third-order valence-corrected chi connectivity index (χ3v) is 3.55. The Morgan fingerprint density at radius 2 is 2.24 bits per heavy atom. The van der Waals surface area contributed by atoms with Gasteiger partial charge >= 0.3 is 5.97 Å². The Morgan fingerprint density at radius 3 is 2.86 bits per heavy atom. The zero-order valence-electron chi connectivity index (χ0n) is 11.8. The lowest BCUT2D eigenvalue weighted by Crippen LogP contribution is -2.38. The second-order valence-corrected chi connectivity index (χ2v) is 5.29. The summed E-state index contributed by atoms with van der Waals surface area (Å²) < 4.78 is 0. The Balaban J connectivity index is 2.33. The van der Waals surface area contributed by atoms with Gasteiger partial charge in [0.05, 0.1) is 17.4 Å². The molecule has 1 heterocycles. The van der Waals surface area contributed by atoms with Gasteiger partial charge in [-0.3, -0.25) is 14.5 Å². The van der Waals surface area contributed by atoms with E-state index < -0.39 is 12.0 Å². The summed E-state index contributed by atoms with van der Waals surface area (Å²) in [4.78, 5) is 31.8. The molecule has 0 radical (unpaired) electrons. The third kappa shape index (κ3) is 3.40. The molecule has 0 bridgehead atoms. The third-order valence-electron chi connectivity index (χ3n) is 3.32. The van der Waals surface area contributed by atoms with E-state index in [2.05, 4.69) is 9.97 Å². The number of nitrogens with zero attached hydrogens (tertiary/aromatic N) is 2. The van der Waals surface area contributed by atoms with E-state index in [-0.39, 0.29) is 12.1 Å². The second kappa shape index (κ2) is 6.24. The Labute approximate surface area is 126 Å². The van der Waals surface area contributed by atoms with E-state index in [1.54, 1.807) is 37.1 Å². The van der Waals surface area contributed by atoms with Gasteiger partial charge in [0.25, 0.3) is 5.56 Å². The Morgan fingerprint density at radius 1 is 1.52 bits per heavy atom. The van der Waals surface area contributed by atoms with E-state index in [9.17, 15) is 9.59 Å². The number of likely N-dealkylation sites (N-methyl/N-ethyl adjacent to an activating group) is 1. The van der Waals surface area contributed by atoms with Crippen LogP contribution in [0.5, 0.6) is 0 Å². The molecule has 112 valence electrons. The van der Waals surface area contributed by atoms with Gasteiger partial charge in [0, 0.05) is 5.02 Å². The van der Waals surface area contributed by atoms with E-state index >= 15 is 0 Å². The molecule has 6 nitrogen and oxygen atoms in total. The average molecular weight is 310 g/mol. The minimum absolute atomic E-state index is 0.249. The van der Waals surface area contributed by atoms with Crippen LogP contribution < -0.4 is 5.56 Å². The molecule has 2 rings (SSSR count). The Kier molecular flexibility index (Phi) is 4.59. The largest absolute Gasteiger partial charge is 0.480 e. The van der Waals surface area contributed by atoms with Crippen LogP contribution >= 0.6 is 11.6 Å². The fraction of sp³-hybridized carbons (Fsp3) is 0.357. The molecule has 0 spiro atoms. The highest BCUT2D eigenvalue weighted by Crippen LogP contribution is 2.15. The molecule has 0 amide bonds. The molecule has 0 fully saturated rings. The number of halogens is 1. The predicted molar refractivity (Wildman–Crippen MR) is 80.6 cm³/mol. The fourth-order valence-corrected chi connectivity index (χ4v) is 2.43. The number of rotatable bonds is 5. The first-order valence-corrected chi connectivity index (χ1v) is 6.91. The highest BCUT2D eigenvalue weighted by atomic mass is 35.5. The van der Waals surface area contributed by atoms with Crippen LogP contribution in [0.1, 0.15) is 19.2 Å². The summed E-state index contributed by atoms with van der Waals surface area (Å²) in [6.07, 6.45) is 0.471. The first kappa shape index (κ1) is 15.5. The van der Waals surface area contributed by atoms with E-state index in [4.69, 9.17) is 16.7 Å². The standard InChI is InChI=1S/C14H16ClN3O3/c1-3-11(14(20)21)18(2)7-12-16-10-5-4-8(15)6-9(10)13(19)17-12/h4-6,11H,3,7H2,1-2H3,(H,20,21)(H,16,17,19). The molecule has 0 aliphatic rings. The summed E-state index contributed by atoms with van der Waals surface area (Å²) in [6, 6.07) is 4.28. The number of aromatic amines is 1. The lowest BCUT2D eigenvalue weighted by molar-refractivity contribution is -0.143.